The highest BCUT2D eigenvalue weighted by Crippen LogP contribution is 2.55. The fraction of sp³-hybridized carbons (Fsp3) is 0.417. The molecule has 1 heterocycles. The van der Waals surface area contributed by atoms with Gasteiger partial charge in [-0.25, -0.2) is 4.79 Å². The Kier molecular flexibility index (Phi) is 9.03. The lowest BCUT2D eigenvalue weighted by Gasteiger charge is -2.58. The maximum Gasteiger partial charge on any atom is 0.338 e. The van der Waals surface area contributed by atoms with Crippen LogP contribution in [0, 0.1) is 0 Å². The van der Waals surface area contributed by atoms with Crippen LogP contribution in [0.25, 0.3) is 0 Å². The molecule has 2 aromatic rings. The van der Waals surface area contributed by atoms with Gasteiger partial charge in [0, 0.05) is 42.5 Å². The highest BCUT2D eigenvalue weighted by molar-refractivity contribution is 6.29. The molecule has 51 heavy (non-hydrogen) atoms. The summed E-state index contributed by atoms with van der Waals surface area (Å²) in [7, 11) is 0. The number of rotatable bonds is 5. The van der Waals surface area contributed by atoms with Gasteiger partial charge in [-0.1, -0.05) is 30.3 Å². The SMILES string of the molecule is CC(=O)O[C@@H]1C(C)=C[C@H](O)[C@@]2(O)C3=C(C(=O)c4c(ccc([C@H]5C[C@@H](OC(=O)c6ccccc6)[C@H](O)[C@@H](C)O5)c4O)C3=O)[C@H](O)[C@H](OC(C)=O)[C@@]12O. The van der Waals surface area contributed by atoms with Crippen molar-refractivity contribution in [2.75, 3.05) is 0 Å². The highest BCUT2D eigenvalue weighted by Gasteiger charge is 2.75. The Bertz CT molecular complexity index is 1900. The number of esters is 3. The molecule has 6 N–H and O–H groups in total. The van der Waals surface area contributed by atoms with E-state index in [1.807, 2.05) is 0 Å². The first-order valence-electron chi connectivity index (χ1n) is 16.1. The number of fused-ring (bicyclic) bond motifs is 3. The summed E-state index contributed by atoms with van der Waals surface area (Å²) in [4.78, 5) is 65.9. The van der Waals surface area contributed by atoms with Crippen LogP contribution in [0.1, 0.15) is 76.9 Å². The number of ketones is 2. The molecule has 1 saturated heterocycles. The fourth-order valence-corrected chi connectivity index (χ4v) is 7.63. The maximum atomic E-state index is 14.3. The molecule has 10 atom stereocenters. The number of carbonyl (C=O) groups is 5. The second-order valence-electron chi connectivity index (χ2n) is 13.2. The van der Waals surface area contributed by atoms with Crippen molar-refractivity contribution >= 4 is 29.5 Å². The van der Waals surface area contributed by atoms with E-state index in [1.54, 1.807) is 18.2 Å². The summed E-state index contributed by atoms with van der Waals surface area (Å²) in [6.45, 7) is 4.70. The number of phenols is 1. The zero-order chi connectivity index (χ0) is 37.3. The van der Waals surface area contributed by atoms with Crippen molar-refractivity contribution in [3.8, 4) is 5.75 Å². The number of aliphatic hydroxyl groups is 5. The van der Waals surface area contributed by atoms with E-state index in [0.717, 1.165) is 26.0 Å². The Morgan fingerprint density at radius 3 is 2.18 bits per heavy atom. The number of hydrogen-bond donors (Lipinski definition) is 6. The molecule has 0 bridgehead atoms. The van der Waals surface area contributed by atoms with Gasteiger partial charge in [-0.05, 0) is 37.6 Å². The molecule has 0 saturated carbocycles. The maximum absolute atomic E-state index is 14.3. The molecule has 1 aliphatic heterocycles. The van der Waals surface area contributed by atoms with Crippen molar-refractivity contribution in [3.05, 3.63) is 87.5 Å². The first-order valence-corrected chi connectivity index (χ1v) is 16.1. The highest BCUT2D eigenvalue weighted by atomic mass is 16.6. The molecule has 15 heteroatoms. The molecule has 0 amide bonds. The van der Waals surface area contributed by atoms with Crippen LogP contribution >= 0.6 is 0 Å². The molecule has 270 valence electrons. The minimum Gasteiger partial charge on any atom is -0.507 e. The largest absolute Gasteiger partial charge is 0.507 e. The standard InChI is InChI=1S/C36H36O15/c1-14-12-23(39)35(46)26-25(31(44)33(50-17(4)38)36(35,47)32(14)49-16(3)37)30(43)24-20(29(26)42)11-10-19(28(24)41)21-13-22(27(40)15(2)48-21)51-34(45)18-8-6-5-7-9-18/h5-12,15,21-23,27,31-33,39-41,44,46-47H,13H2,1-4H3/t15-,21-,22-,23+,27-,31+,32-,33+,35-,36+/m1/s1. The van der Waals surface area contributed by atoms with Gasteiger partial charge in [0.15, 0.2) is 35.0 Å². The first-order chi connectivity index (χ1) is 23.9. The summed E-state index contributed by atoms with van der Waals surface area (Å²) < 4.78 is 22.0. The predicted octanol–water partition coefficient (Wildman–Crippen LogP) is 0.525. The number of phenolic OH excluding ortho intramolecular Hbond substituents is 1. The Morgan fingerprint density at radius 2 is 1.55 bits per heavy atom. The first kappa shape index (κ1) is 36.0. The van der Waals surface area contributed by atoms with E-state index in [-0.39, 0.29) is 23.1 Å². The summed E-state index contributed by atoms with van der Waals surface area (Å²) >= 11 is 0. The molecule has 4 aliphatic rings. The van der Waals surface area contributed by atoms with Crippen LogP contribution < -0.4 is 0 Å². The van der Waals surface area contributed by atoms with Crippen LogP contribution in [-0.4, -0.2) is 114 Å². The van der Waals surface area contributed by atoms with Crippen molar-refractivity contribution in [1.82, 2.24) is 0 Å². The van der Waals surface area contributed by atoms with Gasteiger partial charge in [0.1, 0.15) is 30.2 Å². The van der Waals surface area contributed by atoms with E-state index < -0.39 is 118 Å². The number of ether oxygens (including phenoxy) is 4. The monoisotopic (exact) mass is 708 g/mol. The van der Waals surface area contributed by atoms with Gasteiger partial charge in [-0.2, -0.15) is 0 Å². The lowest BCUT2D eigenvalue weighted by Crippen LogP contribution is -2.80. The number of aromatic hydroxyl groups is 1. The van der Waals surface area contributed by atoms with E-state index in [0.29, 0.717) is 0 Å². The van der Waals surface area contributed by atoms with E-state index in [9.17, 15) is 54.6 Å². The third-order valence-electron chi connectivity index (χ3n) is 9.97. The van der Waals surface area contributed by atoms with Gasteiger partial charge in [0.25, 0.3) is 0 Å². The second-order valence-corrected chi connectivity index (χ2v) is 13.2. The zero-order valence-corrected chi connectivity index (χ0v) is 27.8. The quantitative estimate of drug-likeness (QED) is 0.141. The molecule has 0 radical (unpaired) electrons. The molecule has 0 aromatic heterocycles. The third-order valence-corrected chi connectivity index (χ3v) is 9.97. The molecular weight excluding hydrogens is 672 g/mol. The second kappa shape index (κ2) is 12.8. The number of Topliss-reactive ketones (excluding diaryl/α,β-unsaturated/α-hetero) is 2. The van der Waals surface area contributed by atoms with Crippen LogP contribution in [-0.2, 0) is 28.5 Å². The van der Waals surface area contributed by atoms with Crippen LogP contribution in [0.5, 0.6) is 5.75 Å². The normalized spacial score (nSPS) is 34.4. The molecule has 1 fully saturated rings. The molecule has 3 aliphatic carbocycles. The average molecular weight is 709 g/mol. The fourth-order valence-electron chi connectivity index (χ4n) is 7.63. The van der Waals surface area contributed by atoms with E-state index >= 15 is 0 Å². The molecule has 0 spiro atoms. The van der Waals surface area contributed by atoms with Gasteiger partial charge in [-0.3, -0.25) is 19.2 Å². The predicted molar refractivity (Wildman–Crippen MR) is 170 cm³/mol. The van der Waals surface area contributed by atoms with Crippen molar-refractivity contribution in [2.24, 2.45) is 0 Å². The summed E-state index contributed by atoms with van der Waals surface area (Å²) in [5, 5.41) is 69.9. The van der Waals surface area contributed by atoms with Crippen molar-refractivity contribution < 1.29 is 73.6 Å². The molecule has 6 rings (SSSR count). The molecule has 0 unspecified atom stereocenters. The lowest BCUT2D eigenvalue weighted by molar-refractivity contribution is -0.277. The number of aliphatic hydroxyl groups excluding tert-OH is 3. The van der Waals surface area contributed by atoms with Gasteiger partial charge in [0.05, 0.1) is 23.3 Å². The van der Waals surface area contributed by atoms with Gasteiger partial charge in [0.2, 0.25) is 0 Å². The number of benzene rings is 2. The topological polar surface area (TPSA) is 244 Å². The number of hydrogen-bond acceptors (Lipinski definition) is 15. The molecule has 2 aromatic carbocycles. The Balaban J connectivity index is 1.44. The van der Waals surface area contributed by atoms with Gasteiger partial charge < -0.3 is 49.6 Å². The summed E-state index contributed by atoms with van der Waals surface area (Å²) in [6.07, 6.45) is -12.4. The summed E-state index contributed by atoms with van der Waals surface area (Å²) in [6, 6.07) is 10.4. The molecule has 15 nitrogen and oxygen atoms in total. The lowest BCUT2D eigenvalue weighted by atomic mass is 9.54. The van der Waals surface area contributed by atoms with Crippen molar-refractivity contribution in [2.45, 2.75) is 94.1 Å². The van der Waals surface area contributed by atoms with Crippen LogP contribution in [0.15, 0.2) is 65.3 Å². The summed E-state index contributed by atoms with van der Waals surface area (Å²) in [5.74, 6) is -6.01. The van der Waals surface area contributed by atoms with Crippen molar-refractivity contribution in [3.63, 3.8) is 0 Å². The Morgan fingerprint density at radius 1 is 0.902 bits per heavy atom. The minimum absolute atomic E-state index is 0.0323. The van der Waals surface area contributed by atoms with Crippen LogP contribution in [0.3, 0.4) is 0 Å². The van der Waals surface area contributed by atoms with Gasteiger partial charge >= 0.3 is 17.9 Å². The van der Waals surface area contributed by atoms with Gasteiger partial charge in [-0.15, -0.1) is 0 Å². The van der Waals surface area contributed by atoms with Crippen molar-refractivity contribution in [1.29, 1.82) is 0 Å². The van der Waals surface area contributed by atoms with Crippen LogP contribution in [0.4, 0.5) is 0 Å². The Labute approximate surface area is 290 Å². The van der Waals surface area contributed by atoms with E-state index in [4.69, 9.17) is 18.9 Å². The summed E-state index contributed by atoms with van der Waals surface area (Å²) in [5.41, 5.74) is -9.18. The number of carbonyl (C=O) groups excluding carboxylic acids is 5. The zero-order valence-electron chi connectivity index (χ0n) is 27.8. The Hall–Kier alpha value is -4.77. The smallest absolute Gasteiger partial charge is 0.338 e. The van der Waals surface area contributed by atoms with Crippen LogP contribution in [0.2, 0.25) is 0 Å². The average Bonchev–Trinajstić information content (AvgIpc) is 3.07. The third kappa shape index (κ3) is 5.39. The van der Waals surface area contributed by atoms with E-state index in [2.05, 4.69) is 0 Å². The molecular formula is C36H36O15. The van der Waals surface area contributed by atoms with E-state index in [1.165, 1.54) is 32.0 Å². The minimum atomic E-state index is -3.21.